The Balaban J connectivity index is 1.06. The van der Waals surface area contributed by atoms with Gasteiger partial charge in [0.2, 0.25) is 11.8 Å². The number of benzene rings is 3. The Kier molecular flexibility index (Phi) is 4.86. The van der Waals surface area contributed by atoms with Crippen molar-refractivity contribution < 1.29 is 19.1 Å². The van der Waals surface area contributed by atoms with E-state index in [0.29, 0.717) is 34.5 Å². The van der Waals surface area contributed by atoms with Gasteiger partial charge in [-0.1, -0.05) is 35.9 Å². The number of allylic oxidation sites excluding steroid dienone is 2. The predicted molar refractivity (Wildman–Crippen MR) is 139 cm³/mol. The SMILES string of the molecule is Cc1ccc(Oc2ccc(NC(=O)c3cccc(N4C(=O)[C@H]5[C@@H]6C=C[C@H]([C@H]7C[C@H]67)[C@@H]5C4=O)c3)cc2)cc1. The lowest BCUT2D eigenvalue weighted by Gasteiger charge is -2.37. The molecule has 0 aromatic heterocycles. The molecule has 3 aromatic carbocycles. The zero-order valence-electron chi connectivity index (χ0n) is 20.3. The molecular formula is C31H26N2O4. The minimum absolute atomic E-state index is 0.124. The van der Waals surface area contributed by atoms with Gasteiger partial charge in [-0.25, -0.2) is 4.90 Å². The summed E-state index contributed by atoms with van der Waals surface area (Å²) < 4.78 is 5.85. The molecule has 0 spiro atoms. The Morgan fingerprint density at radius 3 is 2.05 bits per heavy atom. The maximum atomic E-state index is 13.4. The van der Waals surface area contributed by atoms with Gasteiger partial charge in [-0.2, -0.15) is 0 Å². The van der Waals surface area contributed by atoms with Crippen LogP contribution in [-0.4, -0.2) is 17.7 Å². The highest BCUT2D eigenvalue weighted by molar-refractivity contribution is 6.23. The van der Waals surface area contributed by atoms with Crippen molar-refractivity contribution in [3.05, 3.63) is 96.1 Å². The van der Waals surface area contributed by atoms with Gasteiger partial charge in [0.25, 0.3) is 5.91 Å². The summed E-state index contributed by atoms with van der Waals surface area (Å²) in [6.45, 7) is 2.02. The Bertz CT molecular complexity index is 1420. The van der Waals surface area contributed by atoms with Crippen LogP contribution in [0.15, 0.2) is 84.9 Å². The average Bonchev–Trinajstić information content (AvgIpc) is 3.69. The van der Waals surface area contributed by atoms with E-state index in [2.05, 4.69) is 17.5 Å². The summed E-state index contributed by atoms with van der Waals surface area (Å²) in [6, 6.07) is 21.7. The second-order valence-electron chi connectivity index (χ2n) is 10.6. The molecule has 5 aliphatic rings. The van der Waals surface area contributed by atoms with E-state index >= 15 is 0 Å². The number of anilines is 2. The van der Waals surface area contributed by atoms with Crippen LogP contribution >= 0.6 is 0 Å². The number of rotatable bonds is 5. The molecule has 6 atom stereocenters. The number of nitrogens with one attached hydrogen (secondary N) is 1. The summed E-state index contributed by atoms with van der Waals surface area (Å²) in [6.07, 6.45) is 5.45. The average molecular weight is 491 g/mol. The molecule has 8 rings (SSSR count). The third-order valence-corrected chi connectivity index (χ3v) is 8.40. The van der Waals surface area contributed by atoms with E-state index in [4.69, 9.17) is 4.74 Å². The number of amides is 3. The number of carbonyl (C=O) groups is 3. The molecule has 1 heterocycles. The highest BCUT2D eigenvalue weighted by Crippen LogP contribution is 2.65. The summed E-state index contributed by atoms with van der Waals surface area (Å²) in [5.74, 6) is 1.78. The quantitative estimate of drug-likeness (QED) is 0.373. The van der Waals surface area contributed by atoms with Crippen LogP contribution < -0.4 is 15.0 Å². The van der Waals surface area contributed by atoms with Gasteiger partial charge in [0.15, 0.2) is 0 Å². The Morgan fingerprint density at radius 1 is 0.838 bits per heavy atom. The van der Waals surface area contributed by atoms with Crippen LogP contribution in [0.25, 0.3) is 0 Å². The molecule has 6 nitrogen and oxygen atoms in total. The van der Waals surface area contributed by atoms with Gasteiger partial charge in [-0.15, -0.1) is 0 Å². The monoisotopic (exact) mass is 490 g/mol. The van der Waals surface area contributed by atoms with Crippen LogP contribution in [0.2, 0.25) is 0 Å². The molecule has 1 aliphatic heterocycles. The summed E-state index contributed by atoms with van der Waals surface area (Å²) >= 11 is 0. The van der Waals surface area contributed by atoms with Gasteiger partial charge in [0, 0.05) is 11.3 Å². The number of nitrogens with zero attached hydrogens (tertiary/aromatic N) is 1. The molecule has 6 heteroatoms. The lowest BCUT2D eigenvalue weighted by atomic mass is 9.63. The highest BCUT2D eigenvalue weighted by Gasteiger charge is 2.67. The zero-order valence-corrected chi connectivity index (χ0v) is 20.3. The largest absolute Gasteiger partial charge is 0.457 e. The van der Waals surface area contributed by atoms with Crippen molar-refractivity contribution in [3.63, 3.8) is 0 Å². The first-order valence-corrected chi connectivity index (χ1v) is 12.8. The maximum Gasteiger partial charge on any atom is 0.255 e. The number of carbonyl (C=O) groups excluding carboxylic acids is 3. The molecule has 184 valence electrons. The molecule has 3 amide bonds. The first-order valence-electron chi connectivity index (χ1n) is 12.8. The summed E-state index contributed by atoms with van der Waals surface area (Å²) in [5, 5.41) is 2.89. The van der Waals surface area contributed by atoms with Crippen molar-refractivity contribution in [1.82, 2.24) is 0 Å². The van der Waals surface area contributed by atoms with Crippen molar-refractivity contribution in [2.24, 2.45) is 35.5 Å². The standard InChI is InChI=1S/C31H26N2O4/c1-17-5-9-21(10-6-17)37-22-11-7-19(8-12-22)32-29(34)18-3-2-4-20(15-18)33-30(35)27-23-13-14-24(26-16-25(23)26)28(27)31(33)36/h2-15,23-28H,16H2,1H3,(H,32,34)/t23-,24-,25-,26-,27+,28+/m1/s1. The van der Waals surface area contributed by atoms with E-state index in [1.54, 1.807) is 48.5 Å². The fourth-order valence-corrected chi connectivity index (χ4v) is 6.55. The molecule has 0 radical (unpaired) electrons. The fraction of sp³-hybridized carbons (Fsp3) is 0.258. The number of ether oxygens (including phenoxy) is 1. The second-order valence-corrected chi connectivity index (χ2v) is 10.6. The normalized spacial score (nSPS) is 28.6. The van der Waals surface area contributed by atoms with Crippen LogP contribution in [0.4, 0.5) is 11.4 Å². The number of hydrogen-bond donors (Lipinski definition) is 1. The maximum absolute atomic E-state index is 13.4. The summed E-state index contributed by atoms with van der Waals surface area (Å²) in [5.41, 5.74) is 2.63. The van der Waals surface area contributed by atoms with Crippen LogP contribution in [0, 0.1) is 42.4 Å². The number of imide groups is 1. The third-order valence-electron chi connectivity index (χ3n) is 8.40. The van der Waals surface area contributed by atoms with Crippen LogP contribution in [-0.2, 0) is 9.59 Å². The minimum Gasteiger partial charge on any atom is -0.457 e. The Labute approximate surface area is 214 Å². The molecule has 3 fully saturated rings. The minimum atomic E-state index is -0.312. The zero-order chi connectivity index (χ0) is 25.3. The predicted octanol–water partition coefficient (Wildman–Crippen LogP) is 5.60. The van der Waals surface area contributed by atoms with Crippen molar-refractivity contribution in [3.8, 4) is 11.5 Å². The molecular weight excluding hydrogens is 464 g/mol. The Morgan fingerprint density at radius 2 is 1.43 bits per heavy atom. The molecule has 2 saturated carbocycles. The van der Waals surface area contributed by atoms with Gasteiger partial charge in [0.1, 0.15) is 11.5 Å². The van der Waals surface area contributed by atoms with E-state index in [0.717, 1.165) is 17.7 Å². The molecule has 3 aromatic rings. The molecule has 37 heavy (non-hydrogen) atoms. The van der Waals surface area contributed by atoms with Crippen molar-refractivity contribution in [2.75, 3.05) is 10.2 Å². The van der Waals surface area contributed by atoms with Gasteiger partial charge in [0.05, 0.1) is 17.5 Å². The number of aryl methyl sites for hydroxylation is 1. The van der Waals surface area contributed by atoms with Crippen LogP contribution in [0.1, 0.15) is 22.3 Å². The van der Waals surface area contributed by atoms with Gasteiger partial charge in [-0.05, 0) is 91.6 Å². The van der Waals surface area contributed by atoms with Gasteiger partial charge < -0.3 is 10.1 Å². The molecule has 4 aliphatic carbocycles. The second kappa shape index (κ2) is 8.17. The summed E-state index contributed by atoms with van der Waals surface area (Å²) in [7, 11) is 0. The highest BCUT2D eigenvalue weighted by atomic mass is 16.5. The van der Waals surface area contributed by atoms with Gasteiger partial charge >= 0.3 is 0 Å². The lowest BCUT2D eigenvalue weighted by molar-refractivity contribution is -0.124. The van der Waals surface area contributed by atoms with E-state index < -0.39 is 0 Å². The molecule has 2 bridgehead atoms. The van der Waals surface area contributed by atoms with E-state index in [9.17, 15) is 14.4 Å². The van der Waals surface area contributed by atoms with Crippen molar-refractivity contribution in [2.45, 2.75) is 13.3 Å². The van der Waals surface area contributed by atoms with Gasteiger partial charge in [-0.3, -0.25) is 14.4 Å². The molecule has 1 saturated heterocycles. The number of hydrogen-bond acceptors (Lipinski definition) is 4. The van der Waals surface area contributed by atoms with E-state index in [1.807, 2.05) is 31.2 Å². The molecule has 1 N–H and O–H groups in total. The van der Waals surface area contributed by atoms with E-state index in [1.165, 1.54) is 4.90 Å². The first kappa shape index (κ1) is 22.0. The molecule has 0 unspecified atom stereocenters. The topological polar surface area (TPSA) is 75.7 Å². The van der Waals surface area contributed by atoms with Crippen LogP contribution in [0.5, 0.6) is 11.5 Å². The fourth-order valence-electron chi connectivity index (χ4n) is 6.55. The third kappa shape index (κ3) is 3.58. The van der Waals surface area contributed by atoms with Crippen LogP contribution in [0.3, 0.4) is 0 Å². The van der Waals surface area contributed by atoms with E-state index in [-0.39, 0.29) is 41.4 Å². The smallest absolute Gasteiger partial charge is 0.255 e. The van der Waals surface area contributed by atoms with Crippen molar-refractivity contribution >= 4 is 29.1 Å². The Hall–Kier alpha value is -4.19. The summed E-state index contributed by atoms with van der Waals surface area (Å²) in [4.78, 5) is 41.2. The van der Waals surface area contributed by atoms with Crippen molar-refractivity contribution in [1.29, 1.82) is 0 Å². The lowest BCUT2D eigenvalue weighted by Crippen LogP contribution is -2.40. The first-order chi connectivity index (χ1) is 18.0.